The number of hydrogen-bond acceptors (Lipinski definition) is 3. The lowest BCUT2D eigenvalue weighted by Gasteiger charge is -2.12. The fourth-order valence-corrected chi connectivity index (χ4v) is 2.04. The van der Waals surface area contributed by atoms with E-state index in [0.29, 0.717) is 10.9 Å². The van der Waals surface area contributed by atoms with E-state index in [-0.39, 0.29) is 11.5 Å². The summed E-state index contributed by atoms with van der Waals surface area (Å²) in [6, 6.07) is 6.99. The Bertz CT molecular complexity index is 593. The first kappa shape index (κ1) is 12.0. The Balaban J connectivity index is 2.81. The van der Waals surface area contributed by atoms with Crippen molar-refractivity contribution in [2.45, 2.75) is 19.8 Å². The van der Waals surface area contributed by atoms with Crippen LogP contribution in [-0.4, -0.2) is 11.0 Å². The molecule has 0 amide bonds. The van der Waals surface area contributed by atoms with Gasteiger partial charge in [0.25, 0.3) is 0 Å². The molecule has 0 saturated carbocycles. The topological polar surface area (TPSA) is 53.0 Å². The number of hydrogen-bond donors (Lipinski definition) is 0. The van der Waals surface area contributed by atoms with E-state index in [2.05, 4.69) is 20.9 Å². The second kappa shape index (κ2) is 4.45. The molecule has 0 fully saturated rings. The van der Waals surface area contributed by atoms with Crippen LogP contribution in [0.3, 0.4) is 0 Å². The van der Waals surface area contributed by atoms with Gasteiger partial charge in [-0.3, -0.25) is 4.98 Å². The zero-order chi connectivity index (χ0) is 12.6. The molecule has 0 saturated heterocycles. The number of carboxylic acid groups (broad SMARTS) is 1. The van der Waals surface area contributed by atoms with Crippen LogP contribution in [0.25, 0.3) is 10.9 Å². The molecule has 0 spiro atoms. The average Bonchev–Trinajstić information content (AvgIpc) is 2.27. The van der Waals surface area contributed by atoms with Crippen LogP contribution in [0.4, 0.5) is 0 Å². The van der Waals surface area contributed by atoms with Crippen LogP contribution in [0.15, 0.2) is 28.7 Å². The minimum absolute atomic E-state index is 0.182. The zero-order valence-corrected chi connectivity index (χ0v) is 11.1. The average molecular weight is 293 g/mol. The number of fused-ring (bicyclic) bond motifs is 1. The van der Waals surface area contributed by atoms with Crippen LogP contribution in [0.5, 0.6) is 0 Å². The summed E-state index contributed by atoms with van der Waals surface area (Å²) in [4.78, 5) is 15.6. The summed E-state index contributed by atoms with van der Waals surface area (Å²) >= 11 is 3.32. The second-order valence-corrected chi connectivity index (χ2v) is 5.11. The summed E-state index contributed by atoms with van der Waals surface area (Å²) < 4.78 is 0.826. The van der Waals surface area contributed by atoms with Crippen molar-refractivity contribution in [2.75, 3.05) is 0 Å². The Kier molecular flexibility index (Phi) is 3.15. The fraction of sp³-hybridized carbons (Fsp3) is 0.231. The minimum Gasteiger partial charge on any atom is -0.545 e. The molecule has 1 aromatic carbocycles. The summed E-state index contributed by atoms with van der Waals surface area (Å²) in [5.41, 5.74) is 1.64. The van der Waals surface area contributed by atoms with E-state index < -0.39 is 5.97 Å². The van der Waals surface area contributed by atoms with Gasteiger partial charge in [-0.2, -0.15) is 0 Å². The molecule has 88 valence electrons. The molecule has 1 aromatic heterocycles. The van der Waals surface area contributed by atoms with Crippen molar-refractivity contribution in [3.63, 3.8) is 0 Å². The van der Waals surface area contributed by atoms with Crippen LogP contribution in [-0.2, 0) is 0 Å². The molecule has 0 bridgehead atoms. The number of aromatic nitrogens is 1. The highest BCUT2D eigenvalue weighted by Crippen LogP contribution is 2.25. The molecule has 0 aliphatic rings. The molecular weight excluding hydrogens is 282 g/mol. The van der Waals surface area contributed by atoms with Gasteiger partial charge >= 0.3 is 0 Å². The fourth-order valence-electron chi connectivity index (χ4n) is 1.68. The summed E-state index contributed by atoms with van der Waals surface area (Å²) in [5, 5.41) is 11.7. The maximum Gasteiger partial charge on any atom is 0.0722 e. The van der Waals surface area contributed by atoms with Gasteiger partial charge in [0.1, 0.15) is 0 Å². The van der Waals surface area contributed by atoms with Crippen LogP contribution in [0, 0.1) is 0 Å². The van der Waals surface area contributed by atoms with Crippen LogP contribution in [0.1, 0.15) is 35.8 Å². The first-order chi connectivity index (χ1) is 7.99. The van der Waals surface area contributed by atoms with Crippen molar-refractivity contribution in [2.24, 2.45) is 0 Å². The van der Waals surface area contributed by atoms with Crippen molar-refractivity contribution in [3.8, 4) is 0 Å². The van der Waals surface area contributed by atoms with Gasteiger partial charge in [0, 0.05) is 21.1 Å². The van der Waals surface area contributed by atoms with Gasteiger partial charge in [0.15, 0.2) is 0 Å². The molecule has 0 radical (unpaired) electrons. The van der Waals surface area contributed by atoms with Gasteiger partial charge in [-0.15, -0.1) is 0 Å². The monoisotopic (exact) mass is 292 g/mol. The molecule has 3 nitrogen and oxygen atoms in total. The Hall–Kier alpha value is -1.42. The minimum atomic E-state index is -1.17. The molecule has 0 aliphatic carbocycles. The second-order valence-electron chi connectivity index (χ2n) is 4.20. The molecule has 1 heterocycles. The number of halogens is 1. The highest BCUT2D eigenvalue weighted by molar-refractivity contribution is 9.10. The molecule has 0 N–H and O–H groups in total. The smallest absolute Gasteiger partial charge is 0.0722 e. The van der Waals surface area contributed by atoms with E-state index in [1.807, 2.05) is 19.9 Å². The van der Waals surface area contributed by atoms with Crippen molar-refractivity contribution in [1.82, 2.24) is 4.98 Å². The van der Waals surface area contributed by atoms with E-state index in [4.69, 9.17) is 0 Å². The van der Waals surface area contributed by atoms with E-state index >= 15 is 0 Å². The number of carbonyl (C=O) groups excluding carboxylic acids is 1. The van der Waals surface area contributed by atoms with Crippen molar-refractivity contribution in [3.05, 3.63) is 40.0 Å². The summed E-state index contributed by atoms with van der Waals surface area (Å²) in [5.74, 6) is -0.987. The number of rotatable bonds is 2. The van der Waals surface area contributed by atoms with Gasteiger partial charge < -0.3 is 9.90 Å². The predicted molar refractivity (Wildman–Crippen MR) is 67.9 cm³/mol. The molecule has 0 atom stereocenters. The lowest BCUT2D eigenvalue weighted by atomic mass is 10.0. The highest BCUT2D eigenvalue weighted by Gasteiger charge is 2.09. The number of pyridine rings is 1. The summed E-state index contributed by atoms with van der Waals surface area (Å²) in [6.45, 7) is 3.96. The van der Waals surface area contributed by atoms with Crippen LogP contribution in [0.2, 0.25) is 0 Å². The van der Waals surface area contributed by atoms with Gasteiger partial charge in [0.05, 0.1) is 11.5 Å². The lowest BCUT2D eigenvalue weighted by molar-refractivity contribution is -0.254. The van der Waals surface area contributed by atoms with Gasteiger partial charge in [-0.25, -0.2) is 0 Å². The molecule has 17 heavy (non-hydrogen) atoms. The molecule has 4 heteroatoms. The van der Waals surface area contributed by atoms with Crippen molar-refractivity contribution in [1.29, 1.82) is 0 Å². The lowest BCUT2D eigenvalue weighted by Crippen LogP contribution is -2.23. The molecule has 2 aromatic rings. The van der Waals surface area contributed by atoms with E-state index in [1.165, 1.54) is 0 Å². The van der Waals surface area contributed by atoms with Gasteiger partial charge in [0.2, 0.25) is 0 Å². The van der Waals surface area contributed by atoms with Crippen molar-refractivity contribution >= 4 is 32.8 Å². The summed E-state index contributed by atoms with van der Waals surface area (Å²) in [6.07, 6.45) is 0. The number of aromatic carboxylic acids is 1. The van der Waals surface area contributed by atoms with E-state index in [0.717, 1.165) is 10.2 Å². The maximum atomic E-state index is 11.1. The Morgan fingerprint density at radius 3 is 2.65 bits per heavy atom. The quantitative estimate of drug-likeness (QED) is 0.854. The number of carboxylic acids is 1. The summed E-state index contributed by atoms with van der Waals surface area (Å²) in [7, 11) is 0. The molecule has 0 aliphatic heterocycles. The Morgan fingerprint density at radius 2 is 2.06 bits per heavy atom. The molecular formula is C13H11BrNO2-. The van der Waals surface area contributed by atoms with E-state index in [9.17, 15) is 9.90 Å². The van der Waals surface area contributed by atoms with Crippen LogP contribution < -0.4 is 5.11 Å². The van der Waals surface area contributed by atoms with Crippen LogP contribution >= 0.6 is 15.9 Å². The SMILES string of the molecule is CC(C)c1cc(C(=O)[O-])c2cc(Br)ccc2n1. The van der Waals surface area contributed by atoms with E-state index in [1.54, 1.807) is 18.2 Å². The third-order valence-corrected chi connectivity index (χ3v) is 3.10. The normalized spacial score (nSPS) is 11.1. The molecule has 0 unspecified atom stereocenters. The highest BCUT2D eigenvalue weighted by atomic mass is 79.9. The number of benzene rings is 1. The zero-order valence-electron chi connectivity index (χ0n) is 9.53. The largest absolute Gasteiger partial charge is 0.545 e. The first-order valence-electron chi connectivity index (χ1n) is 5.30. The number of nitrogens with zero attached hydrogens (tertiary/aromatic N) is 1. The molecule has 2 rings (SSSR count). The first-order valence-corrected chi connectivity index (χ1v) is 6.10. The predicted octanol–water partition coefficient (Wildman–Crippen LogP) is 2.48. The van der Waals surface area contributed by atoms with Gasteiger partial charge in [-0.1, -0.05) is 29.8 Å². The Labute approximate surface area is 108 Å². The number of carbonyl (C=O) groups is 1. The third kappa shape index (κ3) is 2.31. The maximum absolute atomic E-state index is 11.1. The van der Waals surface area contributed by atoms with Crippen molar-refractivity contribution < 1.29 is 9.90 Å². The third-order valence-electron chi connectivity index (χ3n) is 2.60. The Morgan fingerprint density at radius 1 is 1.35 bits per heavy atom. The van der Waals surface area contributed by atoms with Gasteiger partial charge in [-0.05, 0) is 30.2 Å². The standard InChI is InChI=1S/C13H12BrNO2/c1-7(2)12-6-10(13(16)17)9-5-8(14)3-4-11(9)15-12/h3-7H,1-2H3,(H,16,17)/p-1.